The van der Waals surface area contributed by atoms with E-state index >= 15 is 0 Å². The Bertz CT molecular complexity index is 952. The van der Waals surface area contributed by atoms with Crippen molar-refractivity contribution in [3.63, 3.8) is 0 Å². The molecule has 1 aliphatic rings. The molecule has 2 nitrogen and oxygen atoms in total. The number of anilines is 2. The Morgan fingerprint density at radius 3 is 1.07 bits per heavy atom. The van der Waals surface area contributed by atoms with Gasteiger partial charge in [0.25, 0.3) is 0 Å². The highest BCUT2D eigenvalue weighted by atomic mass is 31.1. The SMILES string of the molecule is c1ccc([C@@H]2[C@@H](c3ccccc3)N(c3ccccc3)PN2c2ccccc2)cc1. The molecule has 0 aliphatic carbocycles. The number of nitrogens with zero attached hydrogens (tertiary/aromatic N) is 2. The first-order valence-electron chi connectivity index (χ1n) is 9.96. The molecular weight excluding hydrogens is 371 g/mol. The molecule has 0 saturated carbocycles. The average Bonchev–Trinajstić information content (AvgIpc) is 3.22. The van der Waals surface area contributed by atoms with Crippen LogP contribution in [0.2, 0.25) is 0 Å². The largest absolute Gasteiger partial charge is 0.326 e. The van der Waals surface area contributed by atoms with E-state index in [2.05, 4.69) is 131 Å². The maximum absolute atomic E-state index is 2.56. The molecule has 0 radical (unpaired) electrons. The van der Waals surface area contributed by atoms with Gasteiger partial charge >= 0.3 is 0 Å². The number of para-hydroxylation sites is 2. The summed E-state index contributed by atoms with van der Waals surface area (Å²) in [5.41, 5.74) is 5.21. The van der Waals surface area contributed by atoms with Crippen molar-refractivity contribution in [2.45, 2.75) is 12.1 Å². The van der Waals surface area contributed by atoms with E-state index in [9.17, 15) is 0 Å². The molecule has 5 rings (SSSR count). The highest BCUT2D eigenvalue weighted by Crippen LogP contribution is 2.57. The Balaban J connectivity index is 1.69. The molecule has 0 spiro atoms. The highest BCUT2D eigenvalue weighted by molar-refractivity contribution is 7.42. The Labute approximate surface area is 174 Å². The molecule has 2 atom stereocenters. The fraction of sp³-hybridized carbons (Fsp3) is 0.0769. The minimum atomic E-state index is 0.236. The van der Waals surface area contributed by atoms with Gasteiger partial charge in [0.1, 0.15) is 0 Å². The van der Waals surface area contributed by atoms with Crippen molar-refractivity contribution in [1.29, 1.82) is 0 Å². The summed E-state index contributed by atoms with van der Waals surface area (Å²) in [7, 11) is 0.524. The van der Waals surface area contributed by atoms with Gasteiger partial charge in [-0.15, -0.1) is 0 Å². The third-order valence-electron chi connectivity index (χ3n) is 5.42. The first-order valence-corrected chi connectivity index (χ1v) is 10.9. The fourth-order valence-electron chi connectivity index (χ4n) is 4.10. The van der Waals surface area contributed by atoms with Gasteiger partial charge in [0, 0.05) is 11.4 Å². The molecule has 1 saturated heterocycles. The first-order chi connectivity index (χ1) is 14.4. The summed E-state index contributed by atoms with van der Waals surface area (Å²) in [4.78, 5) is 0. The van der Waals surface area contributed by atoms with Gasteiger partial charge in [-0.1, -0.05) is 97.1 Å². The molecule has 0 aromatic heterocycles. The third-order valence-corrected chi connectivity index (χ3v) is 6.93. The molecule has 0 bridgehead atoms. The summed E-state index contributed by atoms with van der Waals surface area (Å²) in [6, 6.07) is 43.9. The predicted octanol–water partition coefficient (Wildman–Crippen LogP) is 7.00. The van der Waals surface area contributed by atoms with Crippen molar-refractivity contribution in [2.24, 2.45) is 0 Å². The first kappa shape index (κ1) is 18.0. The monoisotopic (exact) mass is 394 g/mol. The summed E-state index contributed by atoms with van der Waals surface area (Å²) in [6.45, 7) is 0. The minimum Gasteiger partial charge on any atom is -0.326 e. The van der Waals surface area contributed by atoms with E-state index in [4.69, 9.17) is 0 Å². The number of benzene rings is 4. The molecule has 3 heteroatoms. The third kappa shape index (κ3) is 3.52. The van der Waals surface area contributed by atoms with Crippen LogP contribution in [0.4, 0.5) is 11.4 Å². The summed E-state index contributed by atoms with van der Waals surface area (Å²) in [6.07, 6.45) is 0. The molecule has 1 aliphatic heterocycles. The van der Waals surface area contributed by atoms with Crippen LogP contribution in [0.15, 0.2) is 121 Å². The number of hydrogen-bond acceptors (Lipinski definition) is 2. The van der Waals surface area contributed by atoms with E-state index in [0.29, 0.717) is 8.88 Å². The number of hydrogen-bond donors (Lipinski definition) is 0. The predicted molar refractivity (Wildman–Crippen MR) is 125 cm³/mol. The lowest BCUT2D eigenvalue weighted by atomic mass is 9.92. The van der Waals surface area contributed by atoms with E-state index in [0.717, 1.165) is 0 Å². The van der Waals surface area contributed by atoms with Gasteiger partial charge in [-0.2, -0.15) is 0 Å². The molecule has 0 N–H and O–H groups in total. The smallest absolute Gasteiger partial charge is 0.0840 e. The Morgan fingerprint density at radius 2 is 0.724 bits per heavy atom. The normalized spacial score (nSPS) is 18.8. The lowest BCUT2D eigenvalue weighted by Crippen LogP contribution is -2.23. The van der Waals surface area contributed by atoms with Gasteiger partial charge in [-0.25, -0.2) is 0 Å². The van der Waals surface area contributed by atoms with Gasteiger partial charge in [-0.3, -0.25) is 0 Å². The zero-order valence-electron chi connectivity index (χ0n) is 16.1. The Hall–Kier alpha value is -3.09. The molecule has 142 valence electrons. The summed E-state index contributed by atoms with van der Waals surface area (Å²) < 4.78 is 5.11. The Morgan fingerprint density at radius 1 is 0.414 bits per heavy atom. The lowest BCUT2D eigenvalue weighted by molar-refractivity contribution is 0.618. The van der Waals surface area contributed by atoms with Crippen molar-refractivity contribution < 1.29 is 0 Å². The average molecular weight is 394 g/mol. The van der Waals surface area contributed by atoms with Gasteiger partial charge in [0.05, 0.1) is 21.0 Å². The van der Waals surface area contributed by atoms with Crippen LogP contribution in [0.3, 0.4) is 0 Å². The topological polar surface area (TPSA) is 6.48 Å². The second-order valence-corrected chi connectivity index (χ2v) is 8.39. The van der Waals surface area contributed by atoms with Crippen molar-refractivity contribution in [2.75, 3.05) is 9.34 Å². The highest BCUT2D eigenvalue weighted by Gasteiger charge is 2.42. The summed E-state index contributed by atoms with van der Waals surface area (Å²) in [5.74, 6) is 0. The molecule has 1 fully saturated rings. The quantitative estimate of drug-likeness (QED) is 0.344. The second-order valence-electron chi connectivity index (χ2n) is 7.22. The van der Waals surface area contributed by atoms with Gasteiger partial charge in [0.2, 0.25) is 0 Å². The minimum absolute atomic E-state index is 0.236. The van der Waals surface area contributed by atoms with E-state index in [1.54, 1.807) is 0 Å². The molecule has 1 heterocycles. The second kappa shape index (κ2) is 8.11. The fourth-order valence-corrected chi connectivity index (χ4v) is 5.69. The lowest BCUT2D eigenvalue weighted by Gasteiger charge is -2.30. The van der Waals surface area contributed by atoms with Crippen LogP contribution >= 0.6 is 8.88 Å². The van der Waals surface area contributed by atoms with E-state index in [-0.39, 0.29) is 12.1 Å². The van der Waals surface area contributed by atoms with Crippen LogP contribution in [0.5, 0.6) is 0 Å². The number of rotatable bonds is 4. The van der Waals surface area contributed by atoms with E-state index in [1.165, 1.54) is 22.5 Å². The van der Waals surface area contributed by atoms with Crippen LogP contribution in [0.25, 0.3) is 0 Å². The Kier molecular flexibility index (Phi) is 5.02. The van der Waals surface area contributed by atoms with Gasteiger partial charge in [-0.05, 0) is 35.4 Å². The molecule has 0 amide bonds. The summed E-state index contributed by atoms with van der Waals surface area (Å²) >= 11 is 0. The van der Waals surface area contributed by atoms with Crippen molar-refractivity contribution in [3.05, 3.63) is 132 Å². The molecular formula is C26H23N2P. The molecule has 4 aromatic rings. The van der Waals surface area contributed by atoms with Gasteiger partial charge in [0.15, 0.2) is 0 Å². The van der Waals surface area contributed by atoms with E-state index in [1.807, 2.05) is 0 Å². The van der Waals surface area contributed by atoms with Crippen LogP contribution in [-0.2, 0) is 0 Å². The van der Waals surface area contributed by atoms with Gasteiger partial charge < -0.3 is 9.34 Å². The van der Waals surface area contributed by atoms with Crippen LogP contribution < -0.4 is 9.34 Å². The maximum Gasteiger partial charge on any atom is 0.0840 e. The van der Waals surface area contributed by atoms with E-state index < -0.39 is 0 Å². The van der Waals surface area contributed by atoms with Crippen LogP contribution in [-0.4, -0.2) is 0 Å². The molecule has 0 unspecified atom stereocenters. The summed E-state index contributed by atoms with van der Waals surface area (Å²) in [5, 5.41) is 0. The van der Waals surface area contributed by atoms with Crippen molar-refractivity contribution >= 4 is 20.3 Å². The molecule has 29 heavy (non-hydrogen) atoms. The maximum atomic E-state index is 2.56. The standard InChI is InChI=1S/C26H23N2P/c1-5-13-21(14-6-1)25-26(22-15-7-2-8-16-22)28(24-19-11-4-12-20-24)29-27(25)23-17-9-3-10-18-23/h1-20,25-26,29H/t25-,26-/m1/s1. The van der Waals surface area contributed by atoms with Crippen molar-refractivity contribution in [3.8, 4) is 0 Å². The van der Waals surface area contributed by atoms with Crippen LogP contribution in [0, 0.1) is 0 Å². The zero-order chi connectivity index (χ0) is 19.5. The van der Waals surface area contributed by atoms with Crippen molar-refractivity contribution in [1.82, 2.24) is 0 Å². The zero-order valence-corrected chi connectivity index (χ0v) is 17.1. The molecule has 4 aromatic carbocycles. The van der Waals surface area contributed by atoms with Crippen LogP contribution in [0.1, 0.15) is 23.2 Å².